The number of nitrogens with zero attached hydrogens (tertiary/aromatic N) is 1. The number of hydrogen-bond acceptors (Lipinski definition) is 3. The average molecular weight is 169 g/mol. The van der Waals surface area contributed by atoms with Gasteiger partial charge in [-0.25, -0.2) is 4.79 Å². The zero-order valence-electron chi connectivity index (χ0n) is 7.67. The lowest BCUT2D eigenvalue weighted by Crippen LogP contribution is -2.52. The van der Waals surface area contributed by atoms with Crippen LogP contribution in [-0.2, 0) is 9.53 Å². The van der Waals surface area contributed by atoms with Gasteiger partial charge in [-0.2, -0.15) is 0 Å². The van der Waals surface area contributed by atoms with E-state index in [9.17, 15) is 4.79 Å². The minimum atomic E-state index is -0.268. The second-order valence-electron chi connectivity index (χ2n) is 3.16. The zero-order valence-corrected chi connectivity index (χ0v) is 7.67. The van der Waals surface area contributed by atoms with Gasteiger partial charge in [0.05, 0.1) is 0 Å². The van der Waals surface area contributed by atoms with E-state index >= 15 is 0 Å². The number of rotatable bonds is 3. The lowest BCUT2D eigenvalue weighted by molar-refractivity contribution is -0.152. The Balaban J connectivity index is 2.19. The molecule has 1 fully saturated rings. The van der Waals surface area contributed by atoms with E-state index in [1.165, 1.54) is 0 Å². The van der Waals surface area contributed by atoms with Gasteiger partial charge in [0.25, 0.3) is 0 Å². The summed E-state index contributed by atoms with van der Waals surface area (Å²) in [6, 6.07) is 0. The molecular weight excluding hydrogens is 154 g/mol. The lowest BCUT2D eigenvalue weighted by Gasteiger charge is -2.37. The third kappa shape index (κ3) is 2.08. The van der Waals surface area contributed by atoms with Crippen molar-refractivity contribution in [3.63, 3.8) is 0 Å². The van der Waals surface area contributed by atoms with Crippen LogP contribution in [0.25, 0.3) is 0 Å². The summed E-state index contributed by atoms with van der Waals surface area (Å²) < 4.78 is 5.10. The molecule has 1 aliphatic rings. The topological polar surface area (TPSA) is 29.5 Å². The fraction of sp³-hybridized carbons (Fsp3) is 0.667. The molecule has 3 heteroatoms. The van der Waals surface area contributed by atoms with Gasteiger partial charge in [0.1, 0.15) is 6.10 Å². The maximum Gasteiger partial charge on any atom is 0.333 e. The molecule has 1 saturated heterocycles. The third-order valence-corrected chi connectivity index (χ3v) is 1.99. The van der Waals surface area contributed by atoms with Gasteiger partial charge in [-0.3, -0.25) is 4.90 Å². The highest BCUT2D eigenvalue weighted by Gasteiger charge is 2.28. The predicted molar refractivity (Wildman–Crippen MR) is 46.8 cm³/mol. The van der Waals surface area contributed by atoms with Gasteiger partial charge in [-0.05, 0) is 13.5 Å². The minimum absolute atomic E-state index is 0.0918. The van der Waals surface area contributed by atoms with Crippen LogP contribution < -0.4 is 0 Å². The fourth-order valence-electron chi connectivity index (χ4n) is 1.11. The summed E-state index contributed by atoms with van der Waals surface area (Å²) in [7, 11) is 0. The van der Waals surface area contributed by atoms with E-state index in [2.05, 4.69) is 18.4 Å². The Hall–Kier alpha value is -0.830. The van der Waals surface area contributed by atoms with Gasteiger partial charge >= 0.3 is 5.97 Å². The maximum atomic E-state index is 11.0. The number of ether oxygens (including phenoxy) is 1. The first-order chi connectivity index (χ1) is 5.63. The minimum Gasteiger partial charge on any atom is -0.456 e. The van der Waals surface area contributed by atoms with Crippen molar-refractivity contribution in [1.82, 2.24) is 4.90 Å². The molecule has 0 aromatic carbocycles. The number of hydrogen-bond donors (Lipinski definition) is 0. The normalized spacial score (nSPS) is 18.5. The highest BCUT2D eigenvalue weighted by Crippen LogP contribution is 2.11. The van der Waals surface area contributed by atoms with Gasteiger partial charge < -0.3 is 4.74 Å². The van der Waals surface area contributed by atoms with Crippen molar-refractivity contribution in [2.75, 3.05) is 19.6 Å². The second-order valence-corrected chi connectivity index (χ2v) is 3.16. The van der Waals surface area contributed by atoms with Crippen molar-refractivity contribution in [3.8, 4) is 0 Å². The van der Waals surface area contributed by atoms with Crippen LogP contribution in [-0.4, -0.2) is 36.6 Å². The van der Waals surface area contributed by atoms with Crippen LogP contribution in [0.5, 0.6) is 0 Å². The van der Waals surface area contributed by atoms with Crippen LogP contribution in [0.4, 0.5) is 0 Å². The highest BCUT2D eigenvalue weighted by atomic mass is 16.5. The third-order valence-electron chi connectivity index (χ3n) is 1.99. The predicted octanol–water partition coefficient (Wildman–Crippen LogP) is 0.810. The number of carbonyl (C=O) groups excluding carboxylic acids is 1. The molecule has 0 aromatic heterocycles. The molecule has 68 valence electrons. The molecule has 12 heavy (non-hydrogen) atoms. The maximum absolute atomic E-state index is 11.0. The standard InChI is InChI=1S/C9H15NO2/c1-4-10-5-8(6-10)12-9(11)7(2)3/h8H,2,4-6H2,1,3H3. The molecule has 3 nitrogen and oxygen atoms in total. The quantitative estimate of drug-likeness (QED) is 0.462. The van der Waals surface area contributed by atoms with E-state index in [4.69, 9.17) is 4.74 Å². The molecular formula is C9H15NO2. The number of likely N-dealkylation sites (tertiary alicyclic amines) is 1. The molecule has 0 bridgehead atoms. The van der Waals surface area contributed by atoms with Gasteiger partial charge in [-0.1, -0.05) is 13.5 Å². The molecule has 0 saturated carbocycles. The number of esters is 1. The summed E-state index contributed by atoms with van der Waals surface area (Å²) >= 11 is 0. The van der Waals surface area contributed by atoms with Crippen LogP contribution in [0.15, 0.2) is 12.2 Å². The van der Waals surface area contributed by atoms with E-state index in [1.54, 1.807) is 6.92 Å². The Morgan fingerprint density at radius 1 is 1.67 bits per heavy atom. The molecule has 1 heterocycles. The summed E-state index contributed by atoms with van der Waals surface area (Å²) in [5, 5.41) is 0. The summed E-state index contributed by atoms with van der Waals surface area (Å²) in [5.41, 5.74) is 0.477. The first-order valence-electron chi connectivity index (χ1n) is 4.22. The SMILES string of the molecule is C=C(C)C(=O)OC1CN(CC)C1. The zero-order chi connectivity index (χ0) is 9.14. The monoisotopic (exact) mass is 169 g/mol. The van der Waals surface area contributed by atoms with Gasteiger partial charge in [0.15, 0.2) is 0 Å². The average Bonchev–Trinajstić information content (AvgIpc) is 1.94. The highest BCUT2D eigenvalue weighted by molar-refractivity contribution is 5.87. The number of carbonyl (C=O) groups is 1. The van der Waals surface area contributed by atoms with E-state index < -0.39 is 0 Å². The molecule has 0 atom stereocenters. The van der Waals surface area contributed by atoms with Crippen LogP contribution in [0.1, 0.15) is 13.8 Å². The molecule has 1 rings (SSSR count). The second kappa shape index (κ2) is 3.72. The molecule has 0 N–H and O–H groups in total. The summed E-state index contributed by atoms with van der Waals surface area (Å²) in [6.45, 7) is 10.0. The van der Waals surface area contributed by atoms with E-state index in [-0.39, 0.29) is 12.1 Å². The Kier molecular flexibility index (Phi) is 2.87. The molecule has 0 amide bonds. The summed E-state index contributed by atoms with van der Waals surface area (Å²) in [6.07, 6.45) is 0.0918. The first kappa shape index (κ1) is 9.26. The Morgan fingerprint density at radius 2 is 2.25 bits per heavy atom. The van der Waals surface area contributed by atoms with Crippen molar-refractivity contribution in [3.05, 3.63) is 12.2 Å². The first-order valence-corrected chi connectivity index (χ1v) is 4.22. The fourth-order valence-corrected chi connectivity index (χ4v) is 1.11. The van der Waals surface area contributed by atoms with Crippen LogP contribution >= 0.6 is 0 Å². The van der Waals surface area contributed by atoms with Gasteiger partial charge in [-0.15, -0.1) is 0 Å². The van der Waals surface area contributed by atoms with Crippen molar-refractivity contribution in [2.24, 2.45) is 0 Å². The summed E-state index contributed by atoms with van der Waals surface area (Å²) in [5.74, 6) is -0.268. The Labute approximate surface area is 73.0 Å². The largest absolute Gasteiger partial charge is 0.456 e. The Morgan fingerprint density at radius 3 is 2.67 bits per heavy atom. The Bertz CT molecular complexity index is 195. The van der Waals surface area contributed by atoms with E-state index in [0.717, 1.165) is 19.6 Å². The van der Waals surface area contributed by atoms with Crippen LogP contribution in [0.3, 0.4) is 0 Å². The molecule has 0 spiro atoms. The van der Waals surface area contributed by atoms with Crippen molar-refractivity contribution < 1.29 is 9.53 Å². The van der Waals surface area contributed by atoms with E-state index in [1.807, 2.05) is 0 Å². The molecule has 0 aliphatic carbocycles. The van der Waals surface area contributed by atoms with Crippen LogP contribution in [0.2, 0.25) is 0 Å². The molecule has 0 unspecified atom stereocenters. The van der Waals surface area contributed by atoms with Crippen molar-refractivity contribution in [1.29, 1.82) is 0 Å². The van der Waals surface area contributed by atoms with Gasteiger partial charge in [0, 0.05) is 18.7 Å². The summed E-state index contributed by atoms with van der Waals surface area (Å²) in [4.78, 5) is 13.2. The smallest absolute Gasteiger partial charge is 0.333 e. The number of likely N-dealkylation sites (N-methyl/N-ethyl adjacent to an activating group) is 1. The van der Waals surface area contributed by atoms with Crippen molar-refractivity contribution in [2.45, 2.75) is 20.0 Å². The molecule has 0 radical (unpaired) electrons. The molecule has 0 aromatic rings. The molecule has 1 aliphatic heterocycles. The lowest BCUT2D eigenvalue weighted by atomic mass is 10.2. The van der Waals surface area contributed by atoms with Gasteiger partial charge in [0.2, 0.25) is 0 Å². The van der Waals surface area contributed by atoms with Crippen LogP contribution in [0, 0.1) is 0 Å². The van der Waals surface area contributed by atoms with E-state index in [0.29, 0.717) is 5.57 Å². The van der Waals surface area contributed by atoms with Crippen molar-refractivity contribution >= 4 is 5.97 Å².